The van der Waals surface area contributed by atoms with Crippen LogP contribution in [0.15, 0.2) is 46.0 Å². The van der Waals surface area contributed by atoms with E-state index in [1.165, 1.54) is 12.8 Å². The first kappa shape index (κ1) is 17.3. The number of hydrogen-bond donors (Lipinski definition) is 3. The second-order valence-electron chi connectivity index (χ2n) is 6.17. The standard InChI is InChI=1S/C18H16BrN7O/c1-20-17(27)11-3-2-4-12(7-11)22-18-21-9-13(19)16(24-18)23-15-8-14(25-26-15)10-5-6-10/h2-4,7-10H,1,5-6H2,(H3,21,22,23,24,25,26). The maximum atomic E-state index is 11.7. The van der Waals surface area contributed by atoms with Crippen molar-refractivity contribution in [2.45, 2.75) is 18.8 Å². The molecule has 9 heteroatoms. The molecule has 8 nitrogen and oxygen atoms in total. The van der Waals surface area contributed by atoms with Gasteiger partial charge in [0.15, 0.2) is 11.6 Å². The topological polar surface area (TPSA) is 108 Å². The van der Waals surface area contributed by atoms with Crippen LogP contribution in [-0.2, 0) is 0 Å². The lowest BCUT2D eigenvalue weighted by Crippen LogP contribution is -2.02. The van der Waals surface area contributed by atoms with Gasteiger partial charge in [-0.25, -0.2) is 9.98 Å². The molecule has 0 spiro atoms. The predicted molar refractivity (Wildman–Crippen MR) is 107 cm³/mol. The number of nitrogens with one attached hydrogen (secondary N) is 3. The van der Waals surface area contributed by atoms with E-state index in [4.69, 9.17) is 0 Å². The number of aliphatic imine (C=N–C) groups is 1. The van der Waals surface area contributed by atoms with Crippen molar-refractivity contribution in [1.29, 1.82) is 0 Å². The van der Waals surface area contributed by atoms with Gasteiger partial charge in [0.1, 0.15) is 0 Å². The Morgan fingerprint density at radius 3 is 2.93 bits per heavy atom. The maximum Gasteiger partial charge on any atom is 0.276 e. The summed E-state index contributed by atoms with van der Waals surface area (Å²) in [5.74, 6) is 1.88. The normalized spacial score (nSPS) is 13.2. The van der Waals surface area contributed by atoms with Gasteiger partial charge >= 0.3 is 0 Å². The Bertz CT molecular complexity index is 1010. The minimum atomic E-state index is -0.386. The number of carbonyl (C=O) groups excluding carboxylic acids is 1. The molecule has 0 atom stereocenters. The average molecular weight is 426 g/mol. The fourth-order valence-electron chi connectivity index (χ4n) is 2.59. The molecule has 3 aromatic rings. The number of amides is 1. The second kappa shape index (κ2) is 7.28. The van der Waals surface area contributed by atoms with Gasteiger partial charge in [0, 0.05) is 35.1 Å². The average Bonchev–Trinajstić information content (AvgIpc) is 3.43. The number of nitrogens with zero attached hydrogens (tertiary/aromatic N) is 4. The van der Waals surface area contributed by atoms with E-state index in [1.54, 1.807) is 24.4 Å². The van der Waals surface area contributed by atoms with E-state index in [9.17, 15) is 4.79 Å². The van der Waals surface area contributed by atoms with Crippen molar-refractivity contribution in [2.24, 2.45) is 4.99 Å². The summed E-state index contributed by atoms with van der Waals surface area (Å²) >= 11 is 3.44. The van der Waals surface area contributed by atoms with Crippen LogP contribution in [0.3, 0.4) is 0 Å². The Labute approximate surface area is 163 Å². The summed E-state index contributed by atoms with van der Waals surface area (Å²) in [6, 6.07) is 8.91. The minimum absolute atomic E-state index is 0.384. The van der Waals surface area contributed by atoms with Crippen molar-refractivity contribution in [3.63, 3.8) is 0 Å². The molecule has 0 bridgehead atoms. The van der Waals surface area contributed by atoms with Gasteiger partial charge in [-0.2, -0.15) is 10.1 Å². The van der Waals surface area contributed by atoms with Crippen LogP contribution in [0.5, 0.6) is 0 Å². The fourth-order valence-corrected chi connectivity index (χ4v) is 2.88. The van der Waals surface area contributed by atoms with Gasteiger partial charge in [-0.1, -0.05) is 6.07 Å². The number of aromatic amines is 1. The molecule has 1 aliphatic carbocycles. The molecule has 1 amide bonds. The molecule has 0 aliphatic heterocycles. The summed E-state index contributed by atoms with van der Waals surface area (Å²) in [4.78, 5) is 23.8. The first-order chi connectivity index (χ1) is 13.1. The Hall–Kier alpha value is -3.07. The molecule has 2 aromatic heterocycles. The second-order valence-corrected chi connectivity index (χ2v) is 7.02. The molecule has 136 valence electrons. The zero-order chi connectivity index (χ0) is 18.8. The molecule has 0 unspecified atom stereocenters. The van der Waals surface area contributed by atoms with Gasteiger partial charge < -0.3 is 10.6 Å². The third-order valence-corrected chi connectivity index (χ3v) is 4.70. The Balaban J connectivity index is 1.53. The molecular formula is C18H16BrN7O. The van der Waals surface area contributed by atoms with E-state index in [2.05, 4.69) is 58.4 Å². The molecule has 1 fully saturated rings. The highest BCUT2D eigenvalue weighted by Crippen LogP contribution is 2.39. The smallest absolute Gasteiger partial charge is 0.276 e. The molecule has 1 saturated carbocycles. The maximum absolute atomic E-state index is 11.7. The van der Waals surface area contributed by atoms with E-state index in [0.29, 0.717) is 39.2 Å². The van der Waals surface area contributed by atoms with Gasteiger partial charge in [0.05, 0.1) is 4.47 Å². The molecule has 3 N–H and O–H groups in total. The summed E-state index contributed by atoms with van der Waals surface area (Å²) in [6.07, 6.45) is 4.05. The lowest BCUT2D eigenvalue weighted by molar-refractivity contribution is 0.100. The highest BCUT2D eigenvalue weighted by Gasteiger charge is 2.25. The predicted octanol–water partition coefficient (Wildman–Crippen LogP) is 4.17. The molecule has 1 aromatic carbocycles. The van der Waals surface area contributed by atoms with Crippen LogP contribution in [0.4, 0.5) is 23.3 Å². The number of halogens is 1. The van der Waals surface area contributed by atoms with Crippen molar-refractivity contribution < 1.29 is 4.79 Å². The van der Waals surface area contributed by atoms with Crippen molar-refractivity contribution >= 4 is 51.8 Å². The zero-order valence-electron chi connectivity index (χ0n) is 14.2. The van der Waals surface area contributed by atoms with Crippen LogP contribution in [0.2, 0.25) is 0 Å². The summed E-state index contributed by atoms with van der Waals surface area (Å²) in [7, 11) is 0. The number of rotatable bonds is 6. The number of H-pyrrole nitrogens is 1. The molecule has 27 heavy (non-hydrogen) atoms. The van der Waals surface area contributed by atoms with Crippen molar-refractivity contribution in [1.82, 2.24) is 20.2 Å². The zero-order valence-corrected chi connectivity index (χ0v) is 15.8. The van der Waals surface area contributed by atoms with Crippen LogP contribution in [-0.4, -0.2) is 32.8 Å². The first-order valence-corrected chi connectivity index (χ1v) is 9.14. The molecule has 0 saturated heterocycles. The van der Waals surface area contributed by atoms with Gasteiger partial charge in [0.25, 0.3) is 5.91 Å². The summed E-state index contributed by atoms with van der Waals surface area (Å²) < 4.78 is 0.712. The van der Waals surface area contributed by atoms with Gasteiger partial charge in [0.2, 0.25) is 5.95 Å². The molecule has 2 heterocycles. The summed E-state index contributed by atoms with van der Waals surface area (Å²) in [5.41, 5.74) is 2.25. The Kier molecular flexibility index (Phi) is 4.68. The Morgan fingerprint density at radius 2 is 2.15 bits per heavy atom. The lowest BCUT2D eigenvalue weighted by atomic mass is 10.2. The third kappa shape index (κ3) is 4.03. The summed E-state index contributed by atoms with van der Waals surface area (Å²) in [5, 5.41) is 13.6. The van der Waals surface area contributed by atoms with E-state index < -0.39 is 0 Å². The van der Waals surface area contributed by atoms with Crippen LogP contribution >= 0.6 is 15.9 Å². The van der Waals surface area contributed by atoms with Gasteiger partial charge in [-0.3, -0.25) is 9.89 Å². The molecular weight excluding hydrogens is 410 g/mol. The summed E-state index contributed by atoms with van der Waals surface area (Å²) in [6.45, 7) is 3.26. The van der Waals surface area contributed by atoms with E-state index in [1.807, 2.05) is 12.1 Å². The first-order valence-electron chi connectivity index (χ1n) is 8.35. The van der Waals surface area contributed by atoms with E-state index >= 15 is 0 Å². The van der Waals surface area contributed by atoms with Crippen LogP contribution < -0.4 is 10.6 Å². The third-order valence-electron chi connectivity index (χ3n) is 4.11. The number of anilines is 4. The SMILES string of the molecule is C=NC(=O)c1cccc(Nc2ncc(Br)c(Nc3cc(C4CC4)[nH]n3)n2)c1. The number of carbonyl (C=O) groups is 1. The Morgan fingerprint density at radius 1 is 1.30 bits per heavy atom. The fraction of sp³-hybridized carbons (Fsp3) is 0.167. The van der Waals surface area contributed by atoms with Crippen LogP contribution in [0.25, 0.3) is 0 Å². The highest BCUT2D eigenvalue weighted by atomic mass is 79.9. The van der Waals surface area contributed by atoms with Crippen molar-refractivity contribution in [3.8, 4) is 0 Å². The largest absolute Gasteiger partial charge is 0.324 e. The van der Waals surface area contributed by atoms with E-state index in [0.717, 1.165) is 5.69 Å². The van der Waals surface area contributed by atoms with Crippen molar-refractivity contribution in [3.05, 3.63) is 52.3 Å². The quantitative estimate of drug-likeness (QED) is 0.511. The molecule has 0 radical (unpaired) electrons. The number of benzene rings is 1. The van der Waals surface area contributed by atoms with Crippen LogP contribution in [0, 0.1) is 0 Å². The van der Waals surface area contributed by atoms with Gasteiger partial charge in [-0.15, -0.1) is 0 Å². The van der Waals surface area contributed by atoms with E-state index in [-0.39, 0.29) is 5.91 Å². The number of aromatic nitrogens is 4. The molecule has 4 rings (SSSR count). The number of hydrogen-bond acceptors (Lipinski definition) is 6. The van der Waals surface area contributed by atoms with Crippen LogP contribution in [0.1, 0.15) is 34.8 Å². The highest BCUT2D eigenvalue weighted by molar-refractivity contribution is 9.10. The monoisotopic (exact) mass is 425 g/mol. The molecule has 1 aliphatic rings. The van der Waals surface area contributed by atoms with Crippen molar-refractivity contribution in [2.75, 3.05) is 10.6 Å². The minimum Gasteiger partial charge on any atom is -0.324 e. The lowest BCUT2D eigenvalue weighted by Gasteiger charge is -2.09. The van der Waals surface area contributed by atoms with Gasteiger partial charge in [-0.05, 0) is 53.7 Å².